The Labute approximate surface area is 308 Å². The maximum Gasteiger partial charge on any atom is 0.231 e. The van der Waals surface area contributed by atoms with E-state index in [0.29, 0.717) is 57.3 Å². The third-order valence-electron chi connectivity index (χ3n) is 8.33. The van der Waals surface area contributed by atoms with E-state index in [4.69, 9.17) is 33.5 Å². The first-order valence-corrected chi connectivity index (χ1v) is 16.8. The Balaban J connectivity index is 0.000000164. The van der Waals surface area contributed by atoms with E-state index >= 15 is 0 Å². The van der Waals surface area contributed by atoms with Gasteiger partial charge >= 0.3 is 0 Å². The molecule has 53 heavy (non-hydrogen) atoms. The van der Waals surface area contributed by atoms with Crippen LogP contribution < -0.4 is 32.6 Å². The number of aliphatic imine (C=N–C) groups is 1. The van der Waals surface area contributed by atoms with E-state index in [1.807, 2.05) is 54.8 Å². The Hall–Kier alpha value is -6.58. The van der Waals surface area contributed by atoms with Crippen molar-refractivity contribution in [1.82, 2.24) is 39.4 Å². The van der Waals surface area contributed by atoms with Crippen molar-refractivity contribution >= 4 is 62.8 Å². The van der Waals surface area contributed by atoms with Crippen LogP contribution in [0, 0.1) is 12.7 Å². The molecule has 8 rings (SSSR count). The molecule has 1 unspecified atom stereocenters. The fourth-order valence-corrected chi connectivity index (χ4v) is 6.07. The van der Waals surface area contributed by atoms with Gasteiger partial charge in [-0.3, -0.25) is 14.9 Å². The summed E-state index contributed by atoms with van der Waals surface area (Å²) in [5, 5.41) is 7.00. The van der Waals surface area contributed by atoms with Gasteiger partial charge in [-0.05, 0) is 61.5 Å². The van der Waals surface area contributed by atoms with Gasteiger partial charge < -0.3 is 26.8 Å². The molecule has 4 aromatic heterocycles. The Morgan fingerprint density at radius 3 is 2.42 bits per heavy atom. The minimum absolute atomic E-state index is 0.289. The van der Waals surface area contributed by atoms with Gasteiger partial charge in [-0.15, -0.1) is 0 Å². The number of anilines is 3. The molecule has 5 heterocycles. The van der Waals surface area contributed by atoms with Crippen molar-refractivity contribution < 1.29 is 9.13 Å². The molecule has 16 heteroatoms. The number of halogens is 2. The second kappa shape index (κ2) is 14.2. The summed E-state index contributed by atoms with van der Waals surface area (Å²) in [6.45, 7) is 3.91. The molecule has 1 atom stereocenters. The number of fused-ring (bicyclic) bond motifs is 2. The van der Waals surface area contributed by atoms with Crippen molar-refractivity contribution in [2.24, 2.45) is 16.5 Å². The van der Waals surface area contributed by atoms with Gasteiger partial charge in [0.1, 0.15) is 40.8 Å². The second-order valence-corrected chi connectivity index (χ2v) is 12.4. The monoisotopic (exact) mass is 731 g/mol. The van der Waals surface area contributed by atoms with E-state index in [-0.39, 0.29) is 11.6 Å². The highest BCUT2D eigenvalue weighted by molar-refractivity contribution is 6.30. The van der Waals surface area contributed by atoms with Crippen molar-refractivity contribution in [2.75, 3.05) is 18.2 Å². The minimum Gasteiger partial charge on any atom is -0.481 e. The van der Waals surface area contributed by atoms with E-state index in [2.05, 4.69) is 40.5 Å². The normalized spacial score (nSPS) is 15.3. The lowest BCUT2D eigenvalue weighted by molar-refractivity contribution is 0.389. The van der Waals surface area contributed by atoms with Crippen LogP contribution in [0.15, 0.2) is 102 Å². The highest BCUT2D eigenvalue weighted by Crippen LogP contribution is 2.28. The third kappa shape index (κ3) is 7.15. The number of nitrogens with two attached hydrogens (primary N) is 3. The van der Waals surface area contributed by atoms with Crippen molar-refractivity contribution in [3.05, 3.63) is 125 Å². The highest BCUT2D eigenvalue weighted by atomic mass is 35.5. The van der Waals surface area contributed by atoms with Crippen LogP contribution in [-0.2, 0) is 12.2 Å². The Kier molecular flexibility index (Phi) is 9.34. The number of hydrogen-bond acceptors (Lipinski definition) is 12. The fraction of sp³-hybridized carbons (Fsp3) is 0.135. The average molecular weight is 732 g/mol. The van der Waals surface area contributed by atoms with E-state index in [1.165, 1.54) is 12.1 Å². The molecule has 0 amide bonds. The highest BCUT2D eigenvalue weighted by Gasteiger charge is 2.32. The molecule has 0 radical (unpaired) electrons. The van der Waals surface area contributed by atoms with Crippen LogP contribution in [0.2, 0.25) is 5.02 Å². The number of nitrogens with one attached hydrogen (secondary N) is 2. The van der Waals surface area contributed by atoms with Gasteiger partial charge in [0.25, 0.3) is 0 Å². The molecule has 0 fully saturated rings. The van der Waals surface area contributed by atoms with E-state index in [9.17, 15) is 4.39 Å². The molecule has 1 aliphatic rings. The largest absolute Gasteiger partial charge is 0.481 e. The number of nitrogens with zero attached hydrogens (tertiary/aromatic N) is 8. The molecular formula is C37H35ClFN13O. The fourth-order valence-electron chi connectivity index (χ4n) is 5.95. The molecule has 0 bridgehead atoms. The number of methoxy groups -OCH3 is 1. The molecular weight excluding hydrogens is 697 g/mol. The number of pyridine rings is 1. The first kappa shape index (κ1) is 34.9. The van der Waals surface area contributed by atoms with Gasteiger partial charge in [-0.25, -0.2) is 24.3 Å². The number of aromatic nitrogens is 7. The maximum absolute atomic E-state index is 13.8. The Morgan fingerprint density at radius 2 is 1.68 bits per heavy atom. The summed E-state index contributed by atoms with van der Waals surface area (Å²) in [5.41, 5.74) is 23.2. The molecule has 1 aliphatic heterocycles. The topological polar surface area (TPSA) is 198 Å². The zero-order chi connectivity index (χ0) is 37.3. The van der Waals surface area contributed by atoms with Crippen LogP contribution in [0.3, 0.4) is 0 Å². The van der Waals surface area contributed by atoms with Gasteiger partial charge in [0.2, 0.25) is 17.6 Å². The predicted molar refractivity (Wildman–Crippen MR) is 205 cm³/mol. The zero-order valence-electron chi connectivity index (χ0n) is 28.9. The smallest absolute Gasteiger partial charge is 0.231 e. The molecule has 0 spiro atoms. The lowest BCUT2D eigenvalue weighted by atomic mass is 10.1. The summed E-state index contributed by atoms with van der Waals surface area (Å²) in [6, 6.07) is 24.7. The van der Waals surface area contributed by atoms with E-state index in [0.717, 1.165) is 28.4 Å². The quantitative estimate of drug-likeness (QED) is 0.133. The van der Waals surface area contributed by atoms with Gasteiger partial charge in [0.15, 0.2) is 0 Å². The van der Waals surface area contributed by atoms with Gasteiger partial charge in [-0.2, -0.15) is 9.97 Å². The molecule has 0 aliphatic carbocycles. The number of amidine groups is 1. The van der Waals surface area contributed by atoms with Crippen molar-refractivity contribution in [3.63, 3.8) is 0 Å². The Bertz CT molecular complexity index is 2510. The number of hydrogen-bond donors (Lipinski definition) is 5. The lowest BCUT2D eigenvalue weighted by Crippen LogP contribution is -2.52. The number of para-hydroxylation sites is 2. The van der Waals surface area contributed by atoms with Crippen molar-refractivity contribution in [1.29, 1.82) is 0 Å². The van der Waals surface area contributed by atoms with Crippen LogP contribution >= 0.6 is 11.6 Å². The molecule has 0 saturated heterocycles. The number of imidazole rings is 2. The van der Waals surface area contributed by atoms with Gasteiger partial charge in [-0.1, -0.05) is 30.7 Å². The zero-order valence-corrected chi connectivity index (χ0v) is 29.7. The lowest BCUT2D eigenvalue weighted by Gasteiger charge is -2.32. The van der Waals surface area contributed by atoms with Crippen molar-refractivity contribution in [2.45, 2.75) is 26.1 Å². The molecule has 8 N–H and O–H groups in total. The SMILES string of the molecule is CCc1nc2ccc(F)cc2n1-c1cc(N)nc(Nc2ccc(Cl)cc2)n1.COc1ccc(C2(N)N=C(N)C=C(n3c(C)nc4ccccc43)N2)cn1. The number of ether oxygens (including phenoxy) is 1. The summed E-state index contributed by atoms with van der Waals surface area (Å²) >= 11 is 5.91. The summed E-state index contributed by atoms with van der Waals surface area (Å²) in [5.74, 6) is 2.63. The third-order valence-corrected chi connectivity index (χ3v) is 8.58. The summed E-state index contributed by atoms with van der Waals surface area (Å²) in [6.07, 6.45) is 4.01. The van der Waals surface area contributed by atoms with Crippen LogP contribution in [0.5, 0.6) is 5.88 Å². The first-order valence-electron chi connectivity index (χ1n) is 16.5. The van der Waals surface area contributed by atoms with Crippen LogP contribution in [0.4, 0.5) is 21.8 Å². The second-order valence-electron chi connectivity index (χ2n) is 12.0. The van der Waals surface area contributed by atoms with E-state index in [1.54, 1.807) is 60.3 Å². The average Bonchev–Trinajstić information content (AvgIpc) is 3.68. The van der Waals surface area contributed by atoms with Crippen LogP contribution in [-0.4, -0.2) is 47.0 Å². The summed E-state index contributed by atoms with van der Waals surface area (Å²) < 4.78 is 22.7. The first-order chi connectivity index (χ1) is 25.5. The molecule has 3 aromatic carbocycles. The summed E-state index contributed by atoms with van der Waals surface area (Å²) in [4.78, 5) is 26.5. The minimum atomic E-state index is -1.24. The molecule has 7 aromatic rings. The molecule has 14 nitrogen and oxygen atoms in total. The van der Waals surface area contributed by atoms with Gasteiger partial charge in [0, 0.05) is 53.2 Å². The number of aryl methyl sites for hydroxylation is 2. The van der Waals surface area contributed by atoms with Crippen molar-refractivity contribution in [3.8, 4) is 11.7 Å². The standard InChI is InChI=1S/C19H16ClFN6.C18H19N7O/c1-2-17-24-14-8-5-12(21)9-15(14)27(17)18-10-16(22)25-19(26-18)23-13-6-3-11(20)4-7-13;1-11-22-13-5-3-4-6-14(13)25(11)16-9-15(19)23-18(20,24-16)12-7-8-17(26-2)21-10-12/h3-10H,2H2,1H3,(H3,22,23,25,26);3-10,24H,20H2,1-2H3,(H2,19,23). The predicted octanol–water partition coefficient (Wildman–Crippen LogP) is 5.77. The summed E-state index contributed by atoms with van der Waals surface area (Å²) in [7, 11) is 1.56. The maximum atomic E-state index is 13.8. The molecule has 268 valence electrons. The number of nitrogen functional groups attached to an aromatic ring is 1. The number of rotatable bonds is 7. The Morgan fingerprint density at radius 1 is 0.906 bits per heavy atom. The van der Waals surface area contributed by atoms with E-state index < -0.39 is 5.79 Å². The van der Waals surface area contributed by atoms with Crippen LogP contribution in [0.1, 0.15) is 24.1 Å². The van der Waals surface area contributed by atoms with Gasteiger partial charge in [0.05, 0.1) is 29.2 Å². The number of benzene rings is 3. The van der Waals surface area contributed by atoms with Crippen LogP contribution in [0.25, 0.3) is 33.7 Å². The molecule has 0 saturated carbocycles.